The number of nitrogens with zero attached hydrogens (tertiary/aromatic N) is 3. The molecule has 2 heterocycles. The van der Waals surface area contributed by atoms with E-state index in [0.717, 1.165) is 22.1 Å². The van der Waals surface area contributed by atoms with Gasteiger partial charge in [0.2, 0.25) is 4.96 Å². The van der Waals surface area contributed by atoms with E-state index < -0.39 is 15.8 Å². The summed E-state index contributed by atoms with van der Waals surface area (Å²) in [5.41, 5.74) is 1.04. The van der Waals surface area contributed by atoms with Crippen LogP contribution in [0.15, 0.2) is 34.0 Å². The van der Waals surface area contributed by atoms with Crippen LogP contribution in [0.3, 0.4) is 0 Å². The average Bonchev–Trinajstić information content (AvgIpc) is 2.95. The van der Waals surface area contributed by atoms with Gasteiger partial charge in [0.25, 0.3) is 5.56 Å². The Morgan fingerprint density at radius 1 is 1.27 bits per heavy atom. The normalized spacial score (nSPS) is 11.7. The van der Waals surface area contributed by atoms with Gasteiger partial charge in [-0.05, 0) is 31.5 Å². The molecular formula is C16H15N3O5S2. The molecule has 136 valence electrons. The maximum Gasteiger partial charge on any atom is 0.338 e. The maximum absolute atomic E-state index is 12.3. The lowest BCUT2D eigenvalue weighted by Gasteiger charge is -2.07. The predicted octanol–water partition coefficient (Wildman–Crippen LogP) is 1.53. The van der Waals surface area contributed by atoms with Crippen molar-refractivity contribution in [2.75, 3.05) is 6.26 Å². The molecule has 0 aliphatic rings. The van der Waals surface area contributed by atoms with E-state index >= 15 is 0 Å². The molecular weight excluding hydrogens is 378 g/mol. The molecule has 0 unspecified atom stereocenters. The number of rotatable bonds is 4. The predicted molar refractivity (Wildman–Crippen MR) is 95.3 cm³/mol. The Morgan fingerprint density at radius 2 is 2.00 bits per heavy atom. The topological polar surface area (TPSA) is 108 Å². The molecule has 0 N–H and O–H groups in total. The monoisotopic (exact) mass is 393 g/mol. The minimum Gasteiger partial charge on any atom is -0.455 e. The fourth-order valence-corrected chi connectivity index (χ4v) is 3.78. The third-order valence-corrected chi connectivity index (χ3v) is 5.59. The highest BCUT2D eigenvalue weighted by Crippen LogP contribution is 2.18. The summed E-state index contributed by atoms with van der Waals surface area (Å²) in [5.74, 6) is -0.663. The molecule has 0 radical (unpaired) electrons. The Hall–Kier alpha value is -2.59. The van der Waals surface area contributed by atoms with Crippen LogP contribution in [0.4, 0.5) is 0 Å². The highest BCUT2D eigenvalue weighted by molar-refractivity contribution is 7.90. The number of fused-ring (bicyclic) bond motifs is 1. The second-order valence-electron chi connectivity index (χ2n) is 5.75. The van der Waals surface area contributed by atoms with E-state index in [-0.39, 0.29) is 22.6 Å². The first-order valence-corrected chi connectivity index (χ1v) is 10.2. The number of sulfone groups is 1. The third kappa shape index (κ3) is 3.65. The minimum absolute atomic E-state index is 0.0428. The van der Waals surface area contributed by atoms with Crippen molar-refractivity contribution in [3.05, 3.63) is 56.4 Å². The average molecular weight is 393 g/mol. The summed E-state index contributed by atoms with van der Waals surface area (Å²) < 4.78 is 29.7. The Morgan fingerprint density at radius 3 is 2.69 bits per heavy atom. The zero-order valence-corrected chi connectivity index (χ0v) is 15.8. The van der Waals surface area contributed by atoms with Gasteiger partial charge in [0.15, 0.2) is 14.8 Å². The minimum atomic E-state index is -3.43. The number of carbonyl (C=O) groups is 1. The van der Waals surface area contributed by atoms with Crippen molar-refractivity contribution in [3.8, 4) is 0 Å². The molecule has 0 saturated heterocycles. The van der Waals surface area contributed by atoms with Crippen LogP contribution in [0, 0.1) is 13.8 Å². The Balaban J connectivity index is 1.83. The van der Waals surface area contributed by atoms with Gasteiger partial charge >= 0.3 is 5.97 Å². The number of esters is 1. The lowest BCUT2D eigenvalue weighted by Crippen LogP contribution is -2.14. The van der Waals surface area contributed by atoms with Crippen molar-refractivity contribution >= 4 is 32.1 Å². The zero-order valence-electron chi connectivity index (χ0n) is 14.2. The largest absolute Gasteiger partial charge is 0.455 e. The number of ether oxygens (including phenoxy) is 1. The second kappa shape index (κ2) is 6.61. The van der Waals surface area contributed by atoms with E-state index in [1.807, 2.05) is 0 Å². The van der Waals surface area contributed by atoms with Gasteiger partial charge in [-0.1, -0.05) is 17.4 Å². The fraction of sp³-hybridized carbons (Fsp3) is 0.250. The number of aryl methyl sites for hydroxylation is 2. The van der Waals surface area contributed by atoms with Gasteiger partial charge in [-0.2, -0.15) is 9.61 Å². The van der Waals surface area contributed by atoms with Gasteiger partial charge in [0.05, 0.1) is 10.5 Å². The molecule has 3 rings (SSSR count). The first-order valence-electron chi connectivity index (χ1n) is 7.49. The smallest absolute Gasteiger partial charge is 0.338 e. The van der Waals surface area contributed by atoms with Crippen molar-refractivity contribution in [2.45, 2.75) is 25.3 Å². The molecule has 8 nitrogen and oxygen atoms in total. The van der Waals surface area contributed by atoms with Crippen LogP contribution in [0.2, 0.25) is 0 Å². The summed E-state index contributed by atoms with van der Waals surface area (Å²) in [6.45, 7) is 3.25. The van der Waals surface area contributed by atoms with E-state index in [1.54, 1.807) is 19.9 Å². The van der Waals surface area contributed by atoms with Crippen LogP contribution >= 0.6 is 11.3 Å². The van der Waals surface area contributed by atoms with Crippen molar-refractivity contribution in [1.82, 2.24) is 14.6 Å². The number of hydrogen-bond acceptors (Lipinski definition) is 8. The second-order valence-corrected chi connectivity index (χ2v) is 8.81. The van der Waals surface area contributed by atoms with Gasteiger partial charge in [-0.15, -0.1) is 0 Å². The highest BCUT2D eigenvalue weighted by atomic mass is 32.2. The number of hydrogen-bond donors (Lipinski definition) is 0. The van der Waals surface area contributed by atoms with Gasteiger partial charge in [0.1, 0.15) is 6.61 Å². The zero-order chi connectivity index (χ0) is 19.1. The lowest BCUT2D eigenvalue weighted by molar-refractivity contribution is 0.0470. The van der Waals surface area contributed by atoms with Gasteiger partial charge in [-0.3, -0.25) is 4.79 Å². The molecule has 26 heavy (non-hydrogen) atoms. The molecule has 0 bridgehead atoms. The van der Waals surface area contributed by atoms with Crippen molar-refractivity contribution in [1.29, 1.82) is 0 Å². The Labute approximate surface area is 153 Å². The van der Waals surface area contributed by atoms with Crippen LogP contribution in [-0.4, -0.2) is 35.2 Å². The van der Waals surface area contributed by atoms with Crippen molar-refractivity contribution in [3.63, 3.8) is 0 Å². The summed E-state index contributed by atoms with van der Waals surface area (Å²) >= 11 is 1.14. The maximum atomic E-state index is 12.3. The Bertz CT molecular complexity index is 1180. The lowest BCUT2D eigenvalue weighted by atomic mass is 10.1. The summed E-state index contributed by atoms with van der Waals surface area (Å²) in [6, 6.07) is 5.65. The van der Waals surface area contributed by atoms with Gasteiger partial charge < -0.3 is 4.74 Å². The van der Waals surface area contributed by atoms with Gasteiger partial charge in [0, 0.05) is 18.0 Å². The van der Waals surface area contributed by atoms with Gasteiger partial charge in [-0.25, -0.2) is 18.2 Å². The molecule has 0 amide bonds. The van der Waals surface area contributed by atoms with Crippen molar-refractivity contribution in [2.24, 2.45) is 0 Å². The molecule has 1 aromatic carbocycles. The van der Waals surface area contributed by atoms with Crippen molar-refractivity contribution < 1.29 is 17.9 Å². The van der Waals surface area contributed by atoms with Crippen LogP contribution in [0.5, 0.6) is 0 Å². The standard InChI is InChI=1S/C16H15N3O5S2/c1-9-4-5-11(26(3,22)23)7-12(9)15(21)24-8-13-18-19-14(20)6-10(2)17-16(19)25-13/h4-7H,8H2,1-3H3. The molecule has 0 aliphatic carbocycles. The van der Waals surface area contributed by atoms with Crippen LogP contribution in [0.1, 0.15) is 26.6 Å². The van der Waals surface area contributed by atoms with E-state index in [9.17, 15) is 18.0 Å². The fourth-order valence-electron chi connectivity index (χ4n) is 2.28. The summed E-state index contributed by atoms with van der Waals surface area (Å²) in [5, 5.41) is 4.49. The molecule has 0 aliphatic heterocycles. The van der Waals surface area contributed by atoms with Crippen LogP contribution < -0.4 is 5.56 Å². The summed E-state index contributed by atoms with van der Waals surface area (Å²) in [6.07, 6.45) is 1.07. The highest BCUT2D eigenvalue weighted by Gasteiger charge is 2.17. The summed E-state index contributed by atoms with van der Waals surface area (Å²) in [7, 11) is -3.43. The number of aromatic nitrogens is 3. The molecule has 10 heteroatoms. The third-order valence-electron chi connectivity index (χ3n) is 3.60. The Kier molecular flexibility index (Phi) is 4.63. The quantitative estimate of drug-likeness (QED) is 0.619. The molecule has 2 aromatic heterocycles. The van der Waals surface area contributed by atoms with E-state index in [0.29, 0.717) is 21.2 Å². The molecule has 0 spiro atoms. The van der Waals surface area contributed by atoms with E-state index in [1.165, 1.54) is 18.2 Å². The van der Waals surface area contributed by atoms with E-state index in [2.05, 4.69) is 10.1 Å². The molecule has 0 atom stereocenters. The number of benzene rings is 1. The first-order chi connectivity index (χ1) is 12.1. The molecule has 0 fully saturated rings. The summed E-state index contributed by atoms with van der Waals surface area (Å²) in [4.78, 5) is 28.8. The SMILES string of the molecule is Cc1cc(=O)n2nc(COC(=O)c3cc(S(C)(=O)=O)ccc3C)sc2n1. The van der Waals surface area contributed by atoms with Crippen LogP contribution in [0.25, 0.3) is 4.96 Å². The first kappa shape index (κ1) is 18.2. The molecule has 3 aromatic rings. The van der Waals surface area contributed by atoms with Crippen LogP contribution in [-0.2, 0) is 21.2 Å². The van der Waals surface area contributed by atoms with E-state index in [4.69, 9.17) is 4.74 Å². The number of carbonyl (C=O) groups excluding carboxylic acids is 1. The molecule has 0 saturated carbocycles.